The lowest BCUT2D eigenvalue weighted by Crippen LogP contribution is -2.05. The Morgan fingerprint density at radius 3 is 2.92 bits per heavy atom. The molecule has 0 N–H and O–H groups in total. The standard InChI is InChI=1S/C8H14O4/c1-10-8(9)11-5-3-2-4-7-6-12-7/h7H,2-6H2,1H3. The number of unbranched alkanes of at least 4 members (excludes halogenated alkanes) is 1. The molecule has 4 heteroatoms. The molecule has 0 aromatic heterocycles. The van der Waals surface area contributed by atoms with E-state index in [1.54, 1.807) is 0 Å². The predicted octanol–water partition coefficient (Wildman–Crippen LogP) is 1.34. The van der Waals surface area contributed by atoms with Crippen LogP contribution in [0.4, 0.5) is 4.79 Å². The molecule has 4 nitrogen and oxygen atoms in total. The van der Waals surface area contributed by atoms with Crippen LogP contribution in [-0.2, 0) is 14.2 Å². The predicted molar refractivity (Wildman–Crippen MR) is 41.9 cm³/mol. The van der Waals surface area contributed by atoms with Gasteiger partial charge in [0.25, 0.3) is 0 Å². The molecule has 1 unspecified atom stereocenters. The number of hydrogen-bond acceptors (Lipinski definition) is 4. The van der Waals surface area contributed by atoms with Crippen LogP contribution >= 0.6 is 0 Å². The van der Waals surface area contributed by atoms with E-state index in [1.165, 1.54) is 7.11 Å². The third-order valence-electron chi connectivity index (χ3n) is 1.71. The second-order valence-electron chi connectivity index (χ2n) is 2.75. The van der Waals surface area contributed by atoms with Crippen molar-refractivity contribution < 1.29 is 19.0 Å². The van der Waals surface area contributed by atoms with Crippen molar-refractivity contribution in [1.29, 1.82) is 0 Å². The van der Waals surface area contributed by atoms with E-state index in [9.17, 15) is 4.79 Å². The largest absolute Gasteiger partial charge is 0.507 e. The Bertz CT molecular complexity index is 142. The zero-order valence-electron chi connectivity index (χ0n) is 7.25. The van der Waals surface area contributed by atoms with E-state index >= 15 is 0 Å². The highest BCUT2D eigenvalue weighted by atomic mass is 16.7. The molecule has 0 aliphatic carbocycles. The molecule has 1 fully saturated rings. The van der Waals surface area contributed by atoms with Crippen LogP contribution in [0.5, 0.6) is 0 Å². The van der Waals surface area contributed by atoms with E-state index in [2.05, 4.69) is 4.74 Å². The number of epoxide rings is 1. The molecule has 0 amide bonds. The Hall–Kier alpha value is -0.770. The van der Waals surface area contributed by atoms with Crippen LogP contribution < -0.4 is 0 Å². The van der Waals surface area contributed by atoms with Crippen LogP contribution in [0.1, 0.15) is 19.3 Å². The normalized spacial score (nSPS) is 20.2. The molecular formula is C8H14O4. The summed E-state index contributed by atoms with van der Waals surface area (Å²) in [7, 11) is 1.31. The van der Waals surface area contributed by atoms with Gasteiger partial charge in [-0.25, -0.2) is 4.79 Å². The quantitative estimate of drug-likeness (QED) is 0.358. The van der Waals surface area contributed by atoms with E-state index in [-0.39, 0.29) is 0 Å². The molecule has 0 bridgehead atoms. The molecular weight excluding hydrogens is 160 g/mol. The summed E-state index contributed by atoms with van der Waals surface area (Å²) in [4.78, 5) is 10.5. The van der Waals surface area contributed by atoms with Gasteiger partial charge in [-0.1, -0.05) is 0 Å². The Labute approximate surface area is 71.8 Å². The zero-order chi connectivity index (χ0) is 8.81. The van der Waals surface area contributed by atoms with Gasteiger partial charge in [0.2, 0.25) is 0 Å². The molecule has 0 aromatic carbocycles. The average Bonchev–Trinajstić information content (AvgIpc) is 2.87. The molecule has 70 valence electrons. The molecule has 1 aliphatic rings. The van der Waals surface area contributed by atoms with Crippen molar-refractivity contribution in [2.75, 3.05) is 20.3 Å². The molecule has 1 rings (SSSR count). The lowest BCUT2D eigenvalue weighted by molar-refractivity contribution is 0.0712. The van der Waals surface area contributed by atoms with Crippen LogP contribution in [0.25, 0.3) is 0 Å². The van der Waals surface area contributed by atoms with Gasteiger partial charge in [0, 0.05) is 0 Å². The van der Waals surface area contributed by atoms with Crippen LogP contribution in [0.15, 0.2) is 0 Å². The molecule has 0 spiro atoms. The Kier molecular flexibility index (Phi) is 3.87. The maximum atomic E-state index is 10.5. The third kappa shape index (κ3) is 4.18. The van der Waals surface area contributed by atoms with Crippen molar-refractivity contribution in [2.24, 2.45) is 0 Å². The summed E-state index contributed by atoms with van der Waals surface area (Å²) in [5, 5.41) is 0. The number of rotatable bonds is 5. The SMILES string of the molecule is COC(=O)OCCCCC1CO1. The van der Waals surface area contributed by atoms with Crippen molar-refractivity contribution in [3.8, 4) is 0 Å². The molecule has 12 heavy (non-hydrogen) atoms. The van der Waals surface area contributed by atoms with E-state index in [4.69, 9.17) is 9.47 Å². The Morgan fingerprint density at radius 2 is 2.33 bits per heavy atom. The second-order valence-corrected chi connectivity index (χ2v) is 2.75. The second kappa shape index (κ2) is 4.98. The first kappa shape index (κ1) is 9.32. The number of carbonyl (C=O) groups is 1. The maximum absolute atomic E-state index is 10.5. The van der Waals surface area contributed by atoms with Crippen LogP contribution in [0.2, 0.25) is 0 Å². The lowest BCUT2D eigenvalue weighted by Gasteiger charge is -2.01. The number of hydrogen-bond donors (Lipinski definition) is 0. The highest BCUT2D eigenvalue weighted by molar-refractivity contribution is 5.59. The van der Waals surface area contributed by atoms with E-state index < -0.39 is 6.16 Å². The molecule has 1 aliphatic heterocycles. The molecule has 1 heterocycles. The molecule has 0 radical (unpaired) electrons. The summed E-state index contributed by atoms with van der Waals surface area (Å²) in [6.45, 7) is 1.34. The minimum atomic E-state index is -0.599. The summed E-state index contributed by atoms with van der Waals surface area (Å²) < 4.78 is 14.0. The molecule has 0 saturated carbocycles. The fourth-order valence-corrected chi connectivity index (χ4v) is 0.923. The first-order valence-corrected chi connectivity index (χ1v) is 4.15. The summed E-state index contributed by atoms with van der Waals surface area (Å²) in [6, 6.07) is 0. The monoisotopic (exact) mass is 174 g/mol. The first-order valence-electron chi connectivity index (χ1n) is 4.15. The maximum Gasteiger partial charge on any atom is 0.507 e. The average molecular weight is 174 g/mol. The van der Waals surface area contributed by atoms with Gasteiger partial charge in [0.05, 0.1) is 26.4 Å². The summed E-state index contributed by atoms with van der Waals surface area (Å²) in [5.41, 5.74) is 0. The summed E-state index contributed by atoms with van der Waals surface area (Å²) in [5.74, 6) is 0. The lowest BCUT2D eigenvalue weighted by atomic mass is 10.2. The van der Waals surface area contributed by atoms with Gasteiger partial charge >= 0.3 is 6.16 Å². The van der Waals surface area contributed by atoms with E-state index in [1.807, 2.05) is 0 Å². The highest BCUT2D eigenvalue weighted by Crippen LogP contribution is 2.16. The number of methoxy groups -OCH3 is 1. The van der Waals surface area contributed by atoms with Gasteiger partial charge in [0.15, 0.2) is 0 Å². The minimum absolute atomic E-state index is 0.444. The van der Waals surface area contributed by atoms with Crippen molar-refractivity contribution in [3.05, 3.63) is 0 Å². The van der Waals surface area contributed by atoms with Crippen molar-refractivity contribution >= 4 is 6.16 Å². The van der Waals surface area contributed by atoms with E-state index in [0.29, 0.717) is 12.7 Å². The van der Waals surface area contributed by atoms with Gasteiger partial charge in [-0.15, -0.1) is 0 Å². The van der Waals surface area contributed by atoms with Gasteiger partial charge in [0.1, 0.15) is 0 Å². The van der Waals surface area contributed by atoms with E-state index in [0.717, 1.165) is 25.9 Å². The number of carbonyl (C=O) groups excluding carboxylic acids is 1. The first-order chi connectivity index (χ1) is 5.83. The zero-order valence-corrected chi connectivity index (χ0v) is 7.25. The summed E-state index contributed by atoms with van der Waals surface area (Å²) >= 11 is 0. The van der Waals surface area contributed by atoms with Crippen LogP contribution in [0.3, 0.4) is 0 Å². The van der Waals surface area contributed by atoms with Gasteiger partial charge in [-0.3, -0.25) is 0 Å². The van der Waals surface area contributed by atoms with Crippen LogP contribution in [0, 0.1) is 0 Å². The van der Waals surface area contributed by atoms with Crippen molar-refractivity contribution in [2.45, 2.75) is 25.4 Å². The van der Waals surface area contributed by atoms with Crippen molar-refractivity contribution in [1.82, 2.24) is 0 Å². The Balaban J connectivity index is 1.78. The molecule has 1 saturated heterocycles. The topological polar surface area (TPSA) is 48.1 Å². The molecule has 1 atom stereocenters. The fourth-order valence-electron chi connectivity index (χ4n) is 0.923. The van der Waals surface area contributed by atoms with Gasteiger partial charge in [-0.2, -0.15) is 0 Å². The van der Waals surface area contributed by atoms with Gasteiger partial charge < -0.3 is 14.2 Å². The molecule has 0 aromatic rings. The Morgan fingerprint density at radius 1 is 1.58 bits per heavy atom. The third-order valence-corrected chi connectivity index (χ3v) is 1.71. The number of ether oxygens (including phenoxy) is 3. The fraction of sp³-hybridized carbons (Fsp3) is 0.875. The summed E-state index contributed by atoms with van der Waals surface area (Å²) in [6.07, 6.45) is 2.88. The smallest absolute Gasteiger partial charge is 0.438 e. The van der Waals surface area contributed by atoms with Crippen LogP contribution in [-0.4, -0.2) is 32.6 Å². The highest BCUT2D eigenvalue weighted by Gasteiger charge is 2.20. The minimum Gasteiger partial charge on any atom is -0.438 e. The van der Waals surface area contributed by atoms with Gasteiger partial charge in [-0.05, 0) is 19.3 Å². The van der Waals surface area contributed by atoms with Crippen molar-refractivity contribution in [3.63, 3.8) is 0 Å².